The summed E-state index contributed by atoms with van der Waals surface area (Å²) in [5.41, 5.74) is 1.01. The van der Waals surface area contributed by atoms with Crippen molar-refractivity contribution in [3.63, 3.8) is 0 Å². The minimum Gasteiger partial charge on any atom is -0.478 e. The van der Waals surface area contributed by atoms with Crippen LogP contribution in [0.15, 0.2) is 54.7 Å². The Labute approximate surface area is 154 Å². The highest BCUT2D eigenvalue weighted by molar-refractivity contribution is 6.33. The molecular formula is C19H15ClN2O4. The van der Waals surface area contributed by atoms with Gasteiger partial charge in [0.1, 0.15) is 0 Å². The summed E-state index contributed by atoms with van der Waals surface area (Å²) >= 11 is 5.79. The first-order chi connectivity index (χ1) is 12.5. The van der Waals surface area contributed by atoms with Gasteiger partial charge in [-0.15, -0.1) is 0 Å². The molecule has 0 aliphatic rings. The van der Waals surface area contributed by atoms with Crippen LogP contribution in [-0.4, -0.2) is 27.5 Å². The van der Waals surface area contributed by atoms with E-state index in [-0.39, 0.29) is 35.2 Å². The molecule has 0 aliphatic heterocycles. The van der Waals surface area contributed by atoms with E-state index in [1.165, 1.54) is 22.8 Å². The lowest BCUT2D eigenvalue weighted by molar-refractivity contribution is -0.116. The summed E-state index contributed by atoms with van der Waals surface area (Å²) in [5, 5.41) is 12.7. The molecular weight excluding hydrogens is 356 g/mol. The van der Waals surface area contributed by atoms with Gasteiger partial charge in [-0.3, -0.25) is 14.2 Å². The number of amides is 1. The van der Waals surface area contributed by atoms with Crippen LogP contribution >= 0.6 is 11.6 Å². The van der Waals surface area contributed by atoms with Gasteiger partial charge in [-0.05, 0) is 30.3 Å². The van der Waals surface area contributed by atoms with Crippen LogP contribution < -0.4 is 5.32 Å². The maximum atomic E-state index is 12.4. The highest BCUT2D eigenvalue weighted by Gasteiger charge is 2.13. The molecule has 2 N–H and O–H groups in total. The number of hydrogen-bond acceptors (Lipinski definition) is 3. The van der Waals surface area contributed by atoms with Crippen molar-refractivity contribution in [2.45, 2.75) is 12.8 Å². The molecule has 1 aromatic heterocycles. The summed E-state index contributed by atoms with van der Waals surface area (Å²) in [6.07, 6.45) is 1.70. The van der Waals surface area contributed by atoms with E-state index >= 15 is 0 Å². The van der Waals surface area contributed by atoms with E-state index < -0.39 is 5.97 Å². The van der Waals surface area contributed by atoms with Crippen LogP contribution in [0.1, 0.15) is 28.0 Å². The van der Waals surface area contributed by atoms with Crippen molar-refractivity contribution in [1.29, 1.82) is 0 Å². The number of carboxylic acid groups (broad SMARTS) is 1. The van der Waals surface area contributed by atoms with Crippen LogP contribution in [-0.2, 0) is 4.79 Å². The van der Waals surface area contributed by atoms with E-state index in [0.717, 1.165) is 10.9 Å². The lowest BCUT2D eigenvalue weighted by Gasteiger charge is -2.08. The Morgan fingerprint density at radius 1 is 1.04 bits per heavy atom. The van der Waals surface area contributed by atoms with Gasteiger partial charge >= 0.3 is 5.97 Å². The molecule has 0 saturated carbocycles. The van der Waals surface area contributed by atoms with Gasteiger partial charge in [0.15, 0.2) is 0 Å². The van der Waals surface area contributed by atoms with Crippen LogP contribution in [0.25, 0.3) is 10.9 Å². The molecule has 0 bridgehead atoms. The molecule has 0 radical (unpaired) electrons. The molecule has 132 valence electrons. The Morgan fingerprint density at radius 3 is 2.58 bits per heavy atom. The SMILES string of the molecule is O=C(CCC(=O)n1ccc2ccccc21)Nc1ccc(Cl)c(C(=O)O)c1. The fourth-order valence-electron chi connectivity index (χ4n) is 2.63. The number of carbonyl (C=O) groups is 3. The number of benzene rings is 2. The Morgan fingerprint density at radius 2 is 1.81 bits per heavy atom. The predicted molar refractivity (Wildman–Crippen MR) is 98.8 cm³/mol. The number of nitrogens with one attached hydrogen (secondary N) is 1. The minimum absolute atomic E-state index is 0.0175. The summed E-state index contributed by atoms with van der Waals surface area (Å²) in [4.78, 5) is 35.5. The maximum absolute atomic E-state index is 12.4. The zero-order chi connectivity index (χ0) is 18.7. The molecule has 1 amide bonds. The van der Waals surface area contributed by atoms with Crippen LogP contribution in [0, 0.1) is 0 Å². The second-order valence-electron chi connectivity index (χ2n) is 5.69. The normalized spacial score (nSPS) is 10.7. The Bertz CT molecular complexity index is 1010. The molecule has 7 heteroatoms. The largest absolute Gasteiger partial charge is 0.478 e. The van der Waals surface area contributed by atoms with E-state index in [1.807, 2.05) is 30.3 Å². The number of aromatic carboxylic acids is 1. The molecule has 1 heterocycles. The fourth-order valence-corrected chi connectivity index (χ4v) is 2.83. The summed E-state index contributed by atoms with van der Waals surface area (Å²) < 4.78 is 1.52. The van der Waals surface area contributed by atoms with Gasteiger partial charge in [-0.1, -0.05) is 29.8 Å². The van der Waals surface area contributed by atoms with Crippen LogP contribution in [0.5, 0.6) is 0 Å². The number of anilines is 1. The molecule has 0 spiro atoms. The van der Waals surface area contributed by atoms with E-state index in [0.29, 0.717) is 5.69 Å². The van der Waals surface area contributed by atoms with E-state index in [1.54, 1.807) is 6.20 Å². The van der Waals surface area contributed by atoms with E-state index in [2.05, 4.69) is 5.32 Å². The number of carbonyl (C=O) groups excluding carboxylic acids is 2. The molecule has 3 rings (SSSR count). The van der Waals surface area contributed by atoms with E-state index in [9.17, 15) is 14.4 Å². The summed E-state index contributed by atoms with van der Waals surface area (Å²) in [7, 11) is 0. The Hall–Kier alpha value is -3.12. The summed E-state index contributed by atoms with van der Waals surface area (Å²) in [6, 6.07) is 13.5. The number of halogens is 1. The van der Waals surface area contributed by atoms with Gasteiger partial charge in [-0.2, -0.15) is 0 Å². The third-order valence-electron chi connectivity index (χ3n) is 3.91. The average Bonchev–Trinajstić information content (AvgIpc) is 3.05. The molecule has 26 heavy (non-hydrogen) atoms. The molecule has 0 atom stereocenters. The van der Waals surface area contributed by atoms with Crippen LogP contribution in [0.2, 0.25) is 5.02 Å². The second-order valence-corrected chi connectivity index (χ2v) is 6.09. The first kappa shape index (κ1) is 17.7. The molecule has 0 aliphatic carbocycles. The minimum atomic E-state index is -1.18. The Kier molecular flexibility index (Phi) is 5.04. The number of fused-ring (bicyclic) bond motifs is 1. The number of rotatable bonds is 5. The monoisotopic (exact) mass is 370 g/mol. The molecule has 2 aromatic carbocycles. The molecule has 0 unspecified atom stereocenters. The first-order valence-electron chi connectivity index (χ1n) is 7.87. The molecule has 6 nitrogen and oxygen atoms in total. The van der Waals surface area contributed by atoms with Gasteiger partial charge in [0.2, 0.25) is 11.8 Å². The van der Waals surface area contributed by atoms with Gasteiger partial charge in [0.05, 0.1) is 16.1 Å². The van der Waals surface area contributed by atoms with Gasteiger partial charge in [-0.25, -0.2) is 4.79 Å². The van der Waals surface area contributed by atoms with Crippen LogP contribution in [0.4, 0.5) is 5.69 Å². The maximum Gasteiger partial charge on any atom is 0.337 e. The number of nitrogens with zero attached hydrogens (tertiary/aromatic N) is 1. The number of carboxylic acids is 1. The van der Waals surface area contributed by atoms with Crippen molar-refractivity contribution in [3.05, 3.63) is 65.3 Å². The molecule has 3 aromatic rings. The van der Waals surface area contributed by atoms with Gasteiger partial charge in [0, 0.05) is 30.1 Å². The van der Waals surface area contributed by atoms with Gasteiger partial charge in [0.25, 0.3) is 0 Å². The van der Waals surface area contributed by atoms with Crippen molar-refractivity contribution < 1.29 is 19.5 Å². The number of para-hydroxylation sites is 1. The third-order valence-corrected chi connectivity index (χ3v) is 4.24. The standard InChI is InChI=1S/C19H15ClN2O4/c20-15-6-5-13(11-14(15)19(25)26)21-17(23)7-8-18(24)22-10-9-12-3-1-2-4-16(12)22/h1-6,9-11H,7-8H2,(H,21,23)(H,25,26). The van der Waals surface area contributed by atoms with Crippen molar-refractivity contribution in [3.8, 4) is 0 Å². The van der Waals surface area contributed by atoms with Gasteiger partial charge < -0.3 is 10.4 Å². The summed E-state index contributed by atoms with van der Waals surface area (Å²) in [5.74, 6) is -1.75. The summed E-state index contributed by atoms with van der Waals surface area (Å²) in [6.45, 7) is 0. The fraction of sp³-hybridized carbons (Fsp3) is 0.105. The van der Waals surface area contributed by atoms with Crippen molar-refractivity contribution in [2.75, 3.05) is 5.32 Å². The van der Waals surface area contributed by atoms with Crippen molar-refractivity contribution in [1.82, 2.24) is 4.57 Å². The van der Waals surface area contributed by atoms with Crippen molar-refractivity contribution in [2.24, 2.45) is 0 Å². The number of hydrogen-bond donors (Lipinski definition) is 2. The first-order valence-corrected chi connectivity index (χ1v) is 8.25. The predicted octanol–water partition coefficient (Wildman–Crippen LogP) is 4.05. The average molecular weight is 371 g/mol. The topological polar surface area (TPSA) is 88.4 Å². The molecule has 0 saturated heterocycles. The molecule has 0 fully saturated rings. The lowest BCUT2D eigenvalue weighted by Crippen LogP contribution is -2.16. The zero-order valence-corrected chi connectivity index (χ0v) is 14.4. The quantitative estimate of drug-likeness (QED) is 0.709. The van der Waals surface area contributed by atoms with Crippen LogP contribution in [0.3, 0.4) is 0 Å². The smallest absolute Gasteiger partial charge is 0.337 e. The van der Waals surface area contributed by atoms with Crippen molar-refractivity contribution >= 4 is 46.0 Å². The lowest BCUT2D eigenvalue weighted by atomic mass is 10.2. The zero-order valence-electron chi connectivity index (χ0n) is 13.6. The third kappa shape index (κ3) is 3.75. The number of aromatic nitrogens is 1. The second kappa shape index (κ2) is 7.41. The Balaban J connectivity index is 1.63. The van der Waals surface area contributed by atoms with E-state index in [4.69, 9.17) is 16.7 Å². The highest BCUT2D eigenvalue weighted by Crippen LogP contribution is 2.21. The highest BCUT2D eigenvalue weighted by atomic mass is 35.5.